The molecule has 0 saturated carbocycles. The molecule has 40 heavy (non-hydrogen) atoms. The molecule has 1 amide bonds. The number of anilines is 6. The minimum absolute atomic E-state index is 0.150. The fourth-order valence-corrected chi connectivity index (χ4v) is 4.10. The number of hydrogen-bond donors (Lipinski definition) is 5. The van der Waals surface area contributed by atoms with Gasteiger partial charge in [0.2, 0.25) is 5.91 Å². The van der Waals surface area contributed by atoms with Crippen LogP contribution in [0.5, 0.6) is 0 Å². The Morgan fingerprint density at radius 1 is 0.725 bits per heavy atom. The van der Waals surface area contributed by atoms with Gasteiger partial charge < -0.3 is 16.0 Å². The van der Waals surface area contributed by atoms with Gasteiger partial charge in [-0.3, -0.25) is 4.79 Å². The molecular formula is C31H31N7O2. The maximum Gasteiger partial charge on any atom is 0.243 e. The summed E-state index contributed by atoms with van der Waals surface area (Å²) < 4.78 is 0. The van der Waals surface area contributed by atoms with E-state index in [0.717, 1.165) is 34.4 Å². The van der Waals surface area contributed by atoms with E-state index >= 15 is 0 Å². The zero-order valence-corrected chi connectivity index (χ0v) is 22.4. The molecule has 5 N–H and O–H groups in total. The van der Waals surface area contributed by atoms with Crippen LogP contribution in [-0.4, -0.2) is 22.4 Å². The highest BCUT2D eigenvalue weighted by Gasteiger charge is 2.11. The Kier molecular flexibility index (Phi) is 8.33. The summed E-state index contributed by atoms with van der Waals surface area (Å²) in [6.07, 6.45) is 0.930. The topological polar surface area (TPSA) is 112 Å². The molecule has 0 radical (unpaired) electrons. The molecule has 5 aromatic rings. The van der Waals surface area contributed by atoms with Crippen LogP contribution < -0.4 is 26.9 Å². The van der Waals surface area contributed by atoms with Crippen molar-refractivity contribution in [2.24, 2.45) is 0 Å². The lowest BCUT2D eigenvalue weighted by Gasteiger charge is -2.14. The number of fused-ring (bicyclic) bond motifs is 1. The molecule has 0 aliphatic heterocycles. The Balaban J connectivity index is 1.22. The van der Waals surface area contributed by atoms with Gasteiger partial charge in [0.15, 0.2) is 11.6 Å². The first kappa shape index (κ1) is 26.5. The molecule has 4 aromatic carbocycles. The van der Waals surface area contributed by atoms with Crippen LogP contribution in [0.3, 0.4) is 0 Å². The number of nitrogens with zero attached hydrogens (tertiary/aromatic N) is 2. The maximum atomic E-state index is 12.5. The van der Waals surface area contributed by atoms with E-state index in [0.29, 0.717) is 23.0 Å². The van der Waals surface area contributed by atoms with Gasteiger partial charge in [-0.2, -0.15) is 4.94 Å². The van der Waals surface area contributed by atoms with Gasteiger partial charge in [-0.05, 0) is 79.1 Å². The van der Waals surface area contributed by atoms with Crippen molar-refractivity contribution < 1.29 is 9.73 Å². The van der Waals surface area contributed by atoms with E-state index in [1.165, 1.54) is 5.56 Å². The number of carbonyl (C=O) groups is 1. The first-order valence-corrected chi connectivity index (χ1v) is 13.1. The Hall–Kier alpha value is -5.15. The average Bonchev–Trinajstić information content (AvgIpc) is 2.97. The fourth-order valence-electron chi connectivity index (χ4n) is 4.10. The largest absolute Gasteiger partial charge is 0.376 e. The van der Waals surface area contributed by atoms with Crippen molar-refractivity contribution in [2.75, 3.05) is 33.5 Å². The lowest BCUT2D eigenvalue weighted by molar-refractivity contribution is -0.114. The molecule has 0 aliphatic carbocycles. The van der Waals surface area contributed by atoms with Gasteiger partial charge in [-0.1, -0.05) is 49.4 Å². The molecule has 202 valence electrons. The summed E-state index contributed by atoms with van der Waals surface area (Å²) in [7, 11) is 0. The van der Waals surface area contributed by atoms with Crippen LogP contribution in [0.25, 0.3) is 11.0 Å². The van der Waals surface area contributed by atoms with E-state index in [9.17, 15) is 4.79 Å². The van der Waals surface area contributed by atoms with Crippen LogP contribution in [-0.2, 0) is 16.2 Å². The van der Waals surface area contributed by atoms with E-state index < -0.39 is 0 Å². The minimum Gasteiger partial charge on any atom is -0.376 e. The maximum absolute atomic E-state index is 12.5. The second-order valence-electron chi connectivity index (χ2n) is 9.25. The first-order valence-electron chi connectivity index (χ1n) is 13.1. The molecule has 0 aliphatic rings. The molecule has 9 nitrogen and oxygen atoms in total. The van der Waals surface area contributed by atoms with Gasteiger partial charge in [0.1, 0.15) is 0 Å². The quantitative estimate of drug-likeness (QED) is 0.120. The molecule has 5 rings (SSSR count). The van der Waals surface area contributed by atoms with Gasteiger partial charge in [0, 0.05) is 17.1 Å². The molecule has 0 atom stereocenters. The van der Waals surface area contributed by atoms with Gasteiger partial charge in [0.05, 0.1) is 23.3 Å². The van der Waals surface area contributed by atoms with E-state index in [4.69, 9.17) is 9.92 Å². The van der Waals surface area contributed by atoms with Crippen LogP contribution >= 0.6 is 0 Å². The standard InChI is InChI=1S/C31H31N7O2/c1-3-22-10-7-12-24(18-22)34-30-31(36-28-16-5-4-15-27(28)35-30)38-40-37-26-14-8-13-25(19-26)33-29(39)20-32-23-11-6-9-21(2)17-23/h4-19,32,37H,3,20H2,1-2H3,(H,33,39)(H,34,35)(H,36,38). The number of carbonyl (C=O) groups excluding carboxylic acids is 1. The van der Waals surface area contributed by atoms with Gasteiger partial charge in [0.25, 0.3) is 0 Å². The van der Waals surface area contributed by atoms with Crippen LogP contribution in [0.2, 0.25) is 0 Å². The normalized spacial score (nSPS) is 10.7. The number of benzene rings is 4. The second-order valence-corrected chi connectivity index (χ2v) is 9.25. The smallest absolute Gasteiger partial charge is 0.243 e. The number of rotatable bonds is 11. The molecular weight excluding hydrogens is 502 g/mol. The Bertz CT molecular complexity index is 1620. The van der Waals surface area contributed by atoms with E-state index in [2.05, 4.69) is 51.0 Å². The summed E-state index contributed by atoms with van der Waals surface area (Å²) in [5.74, 6) is 0.780. The number of amides is 1. The van der Waals surface area contributed by atoms with Crippen LogP contribution in [0, 0.1) is 6.92 Å². The molecule has 0 saturated heterocycles. The SMILES string of the molecule is CCc1cccc(Nc2nc3ccccc3nc2NONc2cccc(NC(=O)CNc3cccc(C)c3)c2)c1. The van der Waals surface area contributed by atoms with Crippen molar-refractivity contribution in [3.63, 3.8) is 0 Å². The number of para-hydroxylation sites is 2. The van der Waals surface area contributed by atoms with Crippen molar-refractivity contribution in [3.8, 4) is 0 Å². The van der Waals surface area contributed by atoms with E-state index in [1.807, 2.05) is 85.8 Å². The molecule has 0 fully saturated rings. The molecule has 1 heterocycles. The van der Waals surface area contributed by atoms with E-state index in [-0.39, 0.29) is 12.5 Å². The van der Waals surface area contributed by atoms with Crippen molar-refractivity contribution >= 4 is 51.3 Å². The third kappa shape index (κ3) is 7.03. The number of nitrogens with one attached hydrogen (secondary N) is 5. The lowest BCUT2D eigenvalue weighted by atomic mass is 10.1. The Labute approximate surface area is 232 Å². The highest BCUT2D eigenvalue weighted by atomic mass is 16.8. The number of aryl methyl sites for hydroxylation is 2. The summed E-state index contributed by atoms with van der Waals surface area (Å²) in [4.78, 5) is 27.5. The zero-order valence-electron chi connectivity index (χ0n) is 22.4. The first-order chi connectivity index (χ1) is 19.6. The number of hydrogen-bond acceptors (Lipinski definition) is 8. The highest BCUT2D eigenvalue weighted by molar-refractivity contribution is 5.94. The molecule has 9 heteroatoms. The third-order valence-corrected chi connectivity index (χ3v) is 6.10. The zero-order chi connectivity index (χ0) is 27.7. The van der Waals surface area contributed by atoms with Crippen LogP contribution in [0.15, 0.2) is 97.1 Å². The Morgan fingerprint density at radius 3 is 2.23 bits per heavy atom. The number of aromatic nitrogens is 2. The van der Waals surface area contributed by atoms with Gasteiger partial charge >= 0.3 is 0 Å². The second kappa shape index (κ2) is 12.6. The summed E-state index contributed by atoms with van der Waals surface area (Å²) in [5.41, 5.74) is 12.6. The van der Waals surface area contributed by atoms with Crippen LogP contribution in [0.1, 0.15) is 18.1 Å². The fraction of sp³-hybridized carbons (Fsp3) is 0.129. The van der Waals surface area contributed by atoms with Crippen LogP contribution in [0.4, 0.5) is 34.4 Å². The summed E-state index contributed by atoms with van der Waals surface area (Å²) >= 11 is 0. The third-order valence-electron chi connectivity index (χ3n) is 6.10. The Morgan fingerprint density at radius 2 is 1.43 bits per heavy atom. The molecule has 0 bridgehead atoms. The summed E-state index contributed by atoms with van der Waals surface area (Å²) in [6.45, 7) is 4.27. The average molecular weight is 534 g/mol. The van der Waals surface area contributed by atoms with Crippen molar-refractivity contribution in [1.29, 1.82) is 0 Å². The highest BCUT2D eigenvalue weighted by Crippen LogP contribution is 2.26. The van der Waals surface area contributed by atoms with Gasteiger partial charge in [-0.25, -0.2) is 20.9 Å². The predicted octanol–water partition coefficient (Wildman–Crippen LogP) is 6.67. The van der Waals surface area contributed by atoms with Crippen molar-refractivity contribution in [2.45, 2.75) is 20.3 Å². The van der Waals surface area contributed by atoms with Crippen molar-refractivity contribution in [3.05, 3.63) is 108 Å². The summed E-state index contributed by atoms with van der Waals surface area (Å²) in [5, 5.41) is 9.37. The lowest BCUT2D eigenvalue weighted by Crippen LogP contribution is -2.21. The van der Waals surface area contributed by atoms with Crippen molar-refractivity contribution in [1.82, 2.24) is 9.97 Å². The molecule has 1 aromatic heterocycles. The van der Waals surface area contributed by atoms with Gasteiger partial charge in [-0.15, -0.1) is 0 Å². The minimum atomic E-state index is -0.160. The molecule has 0 unspecified atom stereocenters. The van der Waals surface area contributed by atoms with E-state index in [1.54, 1.807) is 6.07 Å². The monoisotopic (exact) mass is 533 g/mol. The predicted molar refractivity (Wildman–Crippen MR) is 162 cm³/mol. The molecule has 0 spiro atoms. The summed E-state index contributed by atoms with van der Waals surface area (Å²) in [6, 6.07) is 30.9.